The van der Waals surface area contributed by atoms with Gasteiger partial charge in [-0.15, -0.1) is 0 Å². The van der Waals surface area contributed by atoms with Crippen LogP contribution in [0, 0.1) is 0 Å². The molecule has 1 aliphatic rings. The van der Waals surface area contributed by atoms with E-state index in [-0.39, 0.29) is 0 Å². The van der Waals surface area contributed by atoms with Crippen molar-refractivity contribution in [2.75, 3.05) is 18.0 Å². The van der Waals surface area contributed by atoms with Gasteiger partial charge >= 0.3 is 0 Å². The second kappa shape index (κ2) is 5.74. The van der Waals surface area contributed by atoms with Crippen molar-refractivity contribution in [2.24, 2.45) is 0 Å². The first kappa shape index (κ1) is 12.7. The van der Waals surface area contributed by atoms with Gasteiger partial charge in [0.25, 0.3) is 0 Å². The molecule has 2 rings (SSSR count). The lowest BCUT2D eigenvalue weighted by Gasteiger charge is -2.23. The van der Waals surface area contributed by atoms with Crippen LogP contribution >= 0.6 is 11.6 Å². The Kier molecular flexibility index (Phi) is 4.30. The van der Waals surface area contributed by atoms with E-state index in [0.29, 0.717) is 5.02 Å². The Morgan fingerprint density at radius 2 is 1.82 bits per heavy atom. The molecule has 1 aromatic rings. The molecule has 94 valence electrons. The van der Waals surface area contributed by atoms with Gasteiger partial charge in [-0.1, -0.05) is 30.5 Å². The summed E-state index contributed by atoms with van der Waals surface area (Å²) in [5, 5.41) is 10.2. The summed E-state index contributed by atoms with van der Waals surface area (Å²) >= 11 is 6.20. The van der Waals surface area contributed by atoms with Crippen LogP contribution in [-0.4, -0.2) is 18.2 Å². The summed E-state index contributed by atoms with van der Waals surface area (Å²) in [5.74, 6) is 0. The van der Waals surface area contributed by atoms with E-state index >= 15 is 0 Å². The Hall–Kier alpha value is -0.730. The van der Waals surface area contributed by atoms with Gasteiger partial charge < -0.3 is 10.0 Å². The van der Waals surface area contributed by atoms with Gasteiger partial charge in [-0.3, -0.25) is 0 Å². The maximum Gasteiger partial charge on any atom is 0.0776 e. The third kappa shape index (κ3) is 3.14. The van der Waals surface area contributed by atoms with Crippen molar-refractivity contribution < 1.29 is 5.11 Å². The van der Waals surface area contributed by atoms with Crippen LogP contribution in [-0.2, 0) is 0 Å². The van der Waals surface area contributed by atoms with Gasteiger partial charge in [0.2, 0.25) is 0 Å². The summed E-state index contributed by atoms with van der Waals surface area (Å²) in [6.45, 7) is 3.97. The highest BCUT2D eigenvalue weighted by Crippen LogP contribution is 2.29. The molecular formula is C14H20ClNO. The Labute approximate surface area is 108 Å². The monoisotopic (exact) mass is 253 g/mol. The first-order chi connectivity index (χ1) is 8.18. The van der Waals surface area contributed by atoms with Gasteiger partial charge in [0.1, 0.15) is 0 Å². The maximum atomic E-state index is 9.55. The van der Waals surface area contributed by atoms with E-state index in [1.807, 2.05) is 12.1 Å². The number of hydrogen-bond donors (Lipinski definition) is 1. The Morgan fingerprint density at radius 1 is 1.18 bits per heavy atom. The summed E-state index contributed by atoms with van der Waals surface area (Å²) in [4.78, 5) is 2.39. The molecule has 0 spiro atoms. The lowest BCUT2D eigenvalue weighted by Crippen LogP contribution is -2.23. The summed E-state index contributed by atoms with van der Waals surface area (Å²) in [7, 11) is 0. The molecule has 17 heavy (non-hydrogen) atoms. The van der Waals surface area contributed by atoms with Crippen molar-refractivity contribution in [1.29, 1.82) is 0 Å². The highest BCUT2D eigenvalue weighted by Gasteiger charge is 2.12. The summed E-state index contributed by atoms with van der Waals surface area (Å²) in [5.41, 5.74) is 1.99. The summed E-state index contributed by atoms with van der Waals surface area (Å²) in [6.07, 6.45) is 4.68. The van der Waals surface area contributed by atoms with Gasteiger partial charge in [0.05, 0.1) is 6.10 Å². The smallest absolute Gasteiger partial charge is 0.0776 e. The second-order valence-corrected chi connectivity index (χ2v) is 5.19. The molecule has 1 unspecified atom stereocenters. The molecule has 1 fully saturated rings. The predicted octanol–water partition coefficient (Wildman–Crippen LogP) is 3.77. The van der Waals surface area contributed by atoms with E-state index in [9.17, 15) is 5.11 Å². The number of halogens is 1. The minimum atomic E-state index is -0.499. The van der Waals surface area contributed by atoms with Crippen LogP contribution in [0.15, 0.2) is 18.2 Å². The number of anilines is 1. The zero-order valence-corrected chi connectivity index (χ0v) is 11.1. The molecule has 0 amide bonds. The summed E-state index contributed by atoms with van der Waals surface area (Å²) < 4.78 is 0. The van der Waals surface area contributed by atoms with Crippen molar-refractivity contribution >= 4 is 17.3 Å². The molecule has 1 heterocycles. The number of nitrogens with zero attached hydrogens (tertiary/aromatic N) is 1. The number of rotatable bonds is 2. The molecule has 1 atom stereocenters. The molecule has 0 bridgehead atoms. The van der Waals surface area contributed by atoms with E-state index in [1.54, 1.807) is 6.92 Å². The highest BCUT2D eigenvalue weighted by atomic mass is 35.5. The molecule has 0 aromatic heterocycles. The van der Waals surface area contributed by atoms with E-state index in [1.165, 1.54) is 31.4 Å². The van der Waals surface area contributed by atoms with Crippen LogP contribution < -0.4 is 4.90 Å². The molecule has 1 N–H and O–H groups in total. The fraction of sp³-hybridized carbons (Fsp3) is 0.571. The number of benzene rings is 1. The standard InChI is InChI=1S/C14H20ClNO/c1-11(17)13-7-6-12(10-14(13)15)16-8-4-2-3-5-9-16/h6-7,10-11,17H,2-5,8-9H2,1H3. The zero-order valence-electron chi connectivity index (χ0n) is 10.3. The molecule has 0 radical (unpaired) electrons. The predicted molar refractivity (Wildman–Crippen MR) is 72.8 cm³/mol. The van der Waals surface area contributed by atoms with Crippen molar-refractivity contribution in [2.45, 2.75) is 38.7 Å². The molecular weight excluding hydrogens is 234 g/mol. The highest BCUT2D eigenvalue weighted by molar-refractivity contribution is 6.31. The number of aliphatic hydroxyl groups is 1. The van der Waals surface area contributed by atoms with Crippen LogP contribution in [0.3, 0.4) is 0 Å². The van der Waals surface area contributed by atoms with E-state index in [4.69, 9.17) is 11.6 Å². The van der Waals surface area contributed by atoms with Gasteiger partial charge in [0, 0.05) is 23.8 Å². The average Bonchev–Trinajstić information content (AvgIpc) is 2.56. The molecule has 1 aliphatic heterocycles. The fourth-order valence-electron chi connectivity index (χ4n) is 2.38. The van der Waals surface area contributed by atoms with E-state index in [0.717, 1.165) is 18.7 Å². The van der Waals surface area contributed by atoms with E-state index in [2.05, 4.69) is 11.0 Å². The molecule has 1 saturated heterocycles. The third-order valence-corrected chi connectivity index (χ3v) is 3.73. The molecule has 0 saturated carbocycles. The van der Waals surface area contributed by atoms with Crippen molar-refractivity contribution in [3.63, 3.8) is 0 Å². The Balaban J connectivity index is 2.18. The lowest BCUT2D eigenvalue weighted by molar-refractivity contribution is 0.199. The zero-order chi connectivity index (χ0) is 12.3. The van der Waals surface area contributed by atoms with E-state index < -0.39 is 6.10 Å². The molecule has 2 nitrogen and oxygen atoms in total. The van der Waals surface area contributed by atoms with Crippen LogP contribution in [0.4, 0.5) is 5.69 Å². The Morgan fingerprint density at radius 3 is 2.35 bits per heavy atom. The maximum absolute atomic E-state index is 9.55. The van der Waals surface area contributed by atoms with Crippen molar-refractivity contribution in [3.8, 4) is 0 Å². The van der Waals surface area contributed by atoms with Crippen molar-refractivity contribution in [3.05, 3.63) is 28.8 Å². The van der Waals surface area contributed by atoms with Gasteiger partial charge in [-0.2, -0.15) is 0 Å². The van der Waals surface area contributed by atoms with Crippen LogP contribution in [0.1, 0.15) is 44.3 Å². The second-order valence-electron chi connectivity index (χ2n) is 4.78. The Bertz CT molecular complexity index is 370. The topological polar surface area (TPSA) is 23.5 Å². The lowest BCUT2D eigenvalue weighted by atomic mass is 10.1. The van der Waals surface area contributed by atoms with Crippen LogP contribution in [0.2, 0.25) is 5.02 Å². The molecule has 0 aliphatic carbocycles. The van der Waals surface area contributed by atoms with Crippen molar-refractivity contribution in [1.82, 2.24) is 0 Å². The fourth-order valence-corrected chi connectivity index (χ4v) is 2.71. The first-order valence-corrected chi connectivity index (χ1v) is 6.79. The van der Waals surface area contributed by atoms with Gasteiger partial charge in [-0.05, 0) is 37.5 Å². The SMILES string of the molecule is CC(O)c1ccc(N2CCCCCC2)cc1Cl. The minimum Gasteiger partial charge on any atom is -0.389 e. The number of hydrogen-bond acceptors (Lipinski definition) is 2. The number of aliphatic hydroxyl groups excluding tert-OH is 1. The van der Waals surface area contributed by atoms with Gasteiger partial charge in [-0.25, -0.2) is 0 Å². The minimum absolute atomic E-state index is 0.499. The average molecular weight is 254 g/mol. The quantitative estimate of drug-likeness (QED) is 0.867. The molecule has 3 heteroatoms. The summed E-state index contributed by atoms with van der Waals surface area (Å²) in [6, 6.07) is 5.99. The molecule has 1 aromatic carbocycles. The van der Waals surface area contributed by atoms with Crippen LogP contribution in [0.25, 0.3) is 0 Å². The third-order valence-electron chi connectivity index (χ3n) is 3.41. The normalized spacial score (nSPS) is 18.9. The van der Waals surface area contributed by atoms with Gasteiger partial charge in [0.15, 0.2) is 0 Å². The van der Waals surface area contributed by atoms with Crippen LogP contribution in [0.5, 0.6) is 0 Å². The largest absolute Gasteiger partial charge is 0.389 e. The first-order valence-electron chi connectivity index (χ1n) is 6.41.